The number of aliphatic imine (C=N–C) groups is 2. The quantitative estimate of drug-likeness (QED) is 0.380. The minimum absolute atomic E-state index is 0.119. The Kier molecular flexibility index (Phi) is 9.86. The number of allylic oxidation sites excluding steroid dienone is 1. The molecule has 8 nitrogen and oxygen atoms in total. The van der Waals surface area contributed by atoms with E-state index in [4.69, 9.17) is 26.5 Å². The second-order valence-corrected chi connectivity index (χ2v) is 7.58. The summed E-state index contributed by atoms with van der Waals surface area (Å²) in [4.78, 5) is 11.1. The van der Waals surface area contributed by atoms with Crippen LogP contribution in [0.5, 0.6) is 0 Å². The van der Waals surface area contributed by atoms with Gasteiger partial charge in [0.15, 0.2) is 11.0 Å². The average Bonchev–Trinajstić information content (AvgIpc) is 3.06. The molecule has 1 aromatic rings. The second kappa shape index (κ2) is 12.1. The van der Waals surface area contributed by atoms with Gasteiger partial charge in [-0.25, -0.2) is 9.98 Å². The molecule has 0 bridgehead atoms. The highest BCUT2D eigenvalue weighted by molar-refractivity contribution is 8.13. The van der Waals surface area contributed by atoms with Gasteiger partial charge in [0.2, 0.25) is 0 Å². The number of nitrogens with zero attached hydrogens (tertiary/aromatic N) is 5. The molecule has 2 heterocycles. The van der Waals surface area contributed by atoms with Crippen LogP contribution in [-0.4, -0.2) is 78.6 Å². The smallest absolute Gasteiger partial charge is 0.165 e. The van der Waals surface area contributed by atoms with E-state index in [2.05, 4.69) is 26.9 Å². The maximum atomic E-state index is 7.82. The first kappa shape index (κ1) is 23.6. The molecule has 2 rings (SSSR count). The number of amidine groups is 1. The number of methoxy groups -OCH3 is 1. The van der Waals surface area contributed by atoms with Crippen LogP contribution >= 0.6 is 23.4 Å². The van der Waals surface area contributed by atoms with Crippen LogP contribution in [0, 0.1) is 5.41 Å². The molecule has 1 aromatic heterocycles. The maximum absolute atomic E-state index is 7.82. The zero-order valence-corrected chi connectivity index (χ0v) is 19.0. The van der Waals surface area contributed by atoms with Crippen LogP contribution in [0.4, 0.5) is 5.82 Å². The Morgan fingerprint density at radius 1 is 1.45 bits per heavy atom. The van der Waals surface area contributed by atoms with Crippen molar-refractivity contribution in [3.8, 4) is 0 Å². The molecular formula is C19H29ClN6O2S. The third-order valence-corrected chi connectivity index (χ3v) is 5.47. The van der Waals surface area contributed by atoms with E-state index in [1.807, 2.05) is 13.3 Å². The minimum atomic E-state index is 0.119. The number of ether oxygens (including phenoxy) is 2. The van der Waals surface area contributed by atoms with E-state index in [0.717, 1.165) is 30.4 Å². The zero-order valence-electron chi connectivity index (χ0n) is 17.4. The molecule has 10 heteroatoms. The molecule has 0 radical (unpaired) electrons. The summed E-state index contributed by atoms with van der Waals surface area (Å²) >= 11 is 7.85. The lowest BCUT2D eigenvalue weighted by atomic mass is 10.00. The molecule has 1 fully saturated rings. The Balaban J connectivity index is 2.20. The standard InChI is InChI=1S/C19H29ClN6O2S/c1-5-14(13-27-3)17-15(12-21)18(25(2)24-17)22-7-6-16(20)23-19(29-4)26-8-10-28-11-9-26/h6-7,12,14,21H,5,8-11,13H2,1-4H3/b16-6+,21-12?,22-7+,23-19-. The molecule has 1 saturated heterocycles. The van der Waals surface area contributed by atoms with Gasteiger partial charge in [0.1, 0.15) is 5.16 Å². The Morgan fingerprint density at radius 2 is 2.17 bits per heavy atom. The lowest BCUT2D eigenvalue weighted by Gasteiger charge is -2.28. The largest absolute Gasteiger partial charge is 0.384 e. The van der Waals surface area contributed by atoms with Crippen molar-refractivity contribution < 1.29 is 9.47 Å². The number of aryl methyl sites for hydroxylation is 1. The summed E-state index contributed by atoms with van der Waals surface area (Å²) in [6.45, 7) is 5.63. The predicted molar refractivity (Wildman–Crippen MR) is 121 cm³/mol. The summed E-state index contributed by atoms with van der Waals surface area (Å²) < 4.78 is 12.3. The van der Waals surface area contributed by atoms with Crippen LogP contribution in [0.1, 0.15) is 30.5 Å². The predicted octanol–water partition coefficient (Wildman–Crippen LogP) is 3.39. The molecule has 1 aliphatic heterocycles. The molecule has 1 N–H and O–H groups in total. The van der Waals surface area contributed by atoms with Gasteiger partial charge in [-0.2, -0.15) is 5.10 Å². The first-order chi connectivity index (χ1) is 14.0. The molecule has 0 spiro atoms. The molecule has 1 aliphatic rings. The summed E-state index contributed by atoms with van der Waals surface area (Å²) in [5, 5.41) is 13.6. The van der Waals surface area contributed by atoms with Crippen molar-refractivity contribution in [2.45, 2.75) is 19.3 Å². The van der Waals surface area contributed by atoms with Crippen LogP contribution in [0.2, 0.25) is 0 Å². The third-order valence-electron chi connectivity index (χ3n) is 4.55. The molecule has 0 aromatic carbocycles. The van der Waals surface area contributed by atoms with Crippen molar-refractivity contribution in [1.82, 2.24) is 14.7 Å². The van der Waals surface area contributed by atoms with Crippen LogP contribution in [0.3, 0.4) is 0 Å². The van der Waals surface area contributed by atoms with Gasteiger partial charge in [-0.05, 0) is 18.8 Å². The van der Waals surface area contributed by atoms with Gasteiger partial charge in [0.25, 0.3) is 0 Å². The van der Waals surface area contributed by atoms with Crippen LogP contribution in [0.25, 0.3) is 0 Å². The van der Waals surface area contributed by atoms with Gasteiger partial charge in [0.05, 0.1) is 31.1 Å². The van der Waals surface area contributed by atoms with Crippen LogP contribution in [-0.2, 0) is 16.5 Å². The summed E-state index contributed by atoms with van der Waals surface area (Å²) in [5.41, 5.74) is 1.52. The minimum Gasteiger partial charge on any atom is -0.384 e. The first-order valence-corrected chi connectivity index (χ1v) is 11.1. The Labute approximate surface area is 181 Å². The van der Waals surface area contributed by atoms with E-state index in [1.165, 1.54) is 6.21 Å². The van der Waals surface area contributed by atoms with Gasteiger partial charge in [0, 0.05) is 45.6 Å². The molecule has 0 aliphatic carbocycles. The van der Waals surface area contributed by atoms with Crippen molar-refractivity contribution >= 4 is 46.8 Å². The van der Waals surface area contributed by atoms with Crippen LogP contribution < -0.4 is 0 Å². The Morgan fingerprint density at radius 3 is 2.76 bits per heavy atom. The lowest BCUT2D eigenvalue weighted by molar-refractivity contribution is 0.0693. The van der Waals surface area contributed by atoms with Gasteiger partial charge in [-0.1, -0.05) is 30.3 Å². The second-order valence-electron chi connectivity index (χ2n) is 6.42. The van der Waals surface area contributed by atoms with Gasteiger partial charge < -0.3 is 19.8 Å². The number of halogens is 1. The number of hydrogen-bond acceptors (Lipinski definition) is 7. The van der Waals surface area contributed by atoms with Gasteiger partial charge in [-0.15, -0.1) is 0 Å². The maximum Gasteiger partial charge on any atom is 0.165 e. The van der Waals surface area contributed by atoms with Crippen molar-refractivity contribution in [2.75, 3.05) is 46.3 Å². The molecular weight excluding hydrogens is 412 g/mol. The topological polar surface area (TPSA) is 88.1 Å². The lowest BCUT2D eigenvalue weighted by Crippen LogP contribution is -2.39. The van der Waals surface area contributed by atoms with E-state index in [9.17, 15) is 0 Å². The van der Waals surface area contributed by atoms with Crippen molar-refractivity contribution in [1.29, 1.82) is 5.41 Å². The fourth-order valence-electron chi connectivity index (χ4n) is 3.03. The summed E-state index contributed by atoms with van der Waals surface area (Å²) in [5.74, 6) is 0.723. The molecule has 29 heavy (non-hydrogen) atoms. The van der Waals surface area contributed by atoms with E-state index < -0.39 is 0 Å². The van der Waals surface area contributed by atoms with Crippen molar-refractivity contribution in [3.63, 3.8) is 0 Å². The van der Waals surface area contributed by atoms with Gasteiger partial charge >= 0.3 is 0 Å². The van der Waals surface area contributed by atoms with Gasteiger partial charge in [-0.3, -0.25) is 4.68 Å². The fraction of sp³-hybridized carbons (Fsp3) is 0.579. The normalized spacial score (nSPS) is 17.2. The average molecular weight is 441 g/mol. The summed E-state index contributed by atoms with van der Waals surface area (Å²) in [6.07, 6.45) is 7.37. The zero-order chi connectivity index (χ0) is 21.2. The monoisotopic (exact) mass is 440 g/mol. The molecule has 1 unspecified atom stereocenters. The fourth-order valence-corrected chi connectivity index (χ4v) is 3.85. The van der Waals surface area contributed by atoms with E-state index in [0.29, 0.717) is 36.4 Å². The summed E-state index contributed by atoms with van der Waals surface area (Å²) in [6, 6.07) is 0. The SMILES string of the molecule is CCC(COC)c1nn(C)c(/N=C/C=C(Cl)/N=C(\SC)N2CCOCC2)c1C=N. The van der Waals surface area contributed by atoms with E-state index in [-0.39, 0.29) is 5.92 Å². The highest BCUT2D eigenvalue weighted by atomic mass is 35.5. The number of hydrogen-bond donors (Lipinski definition) is 1. The Hall–Kier alpha value is -1.68. The molecule has 0 amide bonds. The first-order valence-electron chi connectivity index (χ1n) is 9.47. The number of rotatable bonds is 8. The third kappa shape index (κ3) is 6.40. The number of nitrogens with one attached hydrogen (secondary N) is 1. The van der Waals surface area contributed by atoms with Crippen LogP contribution in [0.15, 0.2) is 21.2 Å². The van der Waals surface area contributed by atoms with Crippen molar-refractivity contribution in [2.24, 2.45) is 17.0 Å². The molecule has 160 valence electrons. The molecule has 1 atom stereocenters. The summed E-state index contributed by atoms with van der Waals surface area (Å²) in [7, 11) is 3.48. The number of aromatic nitrogens is 2. The van der Waals surface area contributed by atoms with Crippen molar-refractivity contribution in [3.05, 3.63) is 22.5 Å². The van der Waals surface area contributed by atoms with E-state index in [1.54, 1.807) is 35.8 Å². The highest BCUT2D eigenvalue weighted by Crippen LogP contribution is 2.28. The highest BCUT2D eigenvalue weighted by Gasteiger charge is 2.21. The molecule has 0 saturated carbocycles. The van der Waals surface area contributed by atoms with E-state index >= 15 is 0 Å². The number of morpholine rings is 1. The Bertz CT molecular complexity index is 771. The number of thioether (sulfide) groups is 1.